The summed E-state index contributed by atoms with van der Waals surface area (Å²) in [4.78, 5) is 9.34. The zero-order chi connectivity index (χ0) is 24.6. The first-order valence-electron chi connectivity index (χ1n) is 13.9. The Morgan fingerprint density at radius 2 is 1.18 bits per heavy atom. The summed E-state index contributed by atoms with van der Waals surface area (Å²) in [6, 6.07) is 0. The molecule has 33 heavy (non-hydrogen) atoms. The van der Waals surface area contributed by atoms with E-state index >= 15 is 0 Å². The fourth-order valence-corrected chi connectivity index (χ4v) is 3.89. The second-order valence-corrected chi connectivity index (χ2v) is 9.54. The highest BCUT2D eigenvalue weighted by Gasteiger charge is 2.02. The fraction of sp³-hybridized carbons (Fsp3) is 0.857. The first kappa shape index (κ1) is 31.6. The summed E-state index contributed by atoms with van der Waals surface area (Å²) >= 11 is 0. The molecular weight excluding hydrogens is 412 g/mol. The van der Waals surface area contributed by atoms with Gasteiger partial charge in [0.15, 0.2) is 0 Å². The molecule has 0 aliphatic heterocycles. The van der Waals surface area contributed by atoms with Crippen LogP contribution in [0.1, 0.15) is 136 Å². The lowest BCUT2D eigenvalue weighted by Gasteiger charge is -2.03. The molecule has 1 aromatic heterocycles. The van der Waals surface area contributed by atoms with E-state index < -0.39 is 12.1 Å². The number of unbranched alkanes of at least 4 members (excludes halogenated alkanes) is 16. The number of rotatable bonds is 21. The van der Waals surface area contributed by atoms with Gasteiger partial charge in [0.25, 0.3) is 0 Å². The molecule has 0 saturated carbocycles. The highest BCUT2D eigenvalue weighted by atomic mass is 16.4. The van der Waals surface area contributed by atoms with Crippen molar-refractivity contribution < 1.29 is 19.6 Å². The maximum Gasteiger partial charge on any atom is 0.243 e. The number of carbonyl (C=O) groups is 1. The summed E-state index contributed by atoms with van der Waals surface area (Å²) < 4.78 is 4.69. The molecule has 0 radical (unpaired) electrons. The van der Waals surface area contributed by atoms with Crippen LogP contribution < -0.4 is 9.67 Å². The predicted molar refractivity (Wildman–Crippen MR) is 136 cm³/mol. The Morgan fingerprint density at radius 1 is 0.788 bits per heavy atom. The second kappa shape index (κ2) is 23.8. The van der Waals surface area contributed by atoms with Gasteiger partial charge in [0.05, 0.1) is 25.2 Å². The highest BCUT2D eigenvalue weighted by molar-refractivity contribution is 5.68. The molecule has 0 bridgehead atoms. The number of aliphatic hydroxyl groups excluding tert-OH is 1. The van der Waals surface area contributed by atoms with E-state index in [2.05, 4.69) is 41.7 Å². The van der Waals surface area contributed by atoms with Gasteiger partial charge in [0, 0.05) is 0 Å². The number of aliphatic hydroxyl groups is 1. The summed E-state index contributed by atoms with van der Waals surface area (Å²) in [5.41, 5.74) is 0. The van der Waals surface area contributed by atoms with Crippen LogP contribution in [-0.2, 0) is 17.9 Å². The molecule has 0 fully saturated rings. The van der Waals surface area contributed by atoms with E-state index in [4.69, 9.17) is 5.11 Å². The number of hydrogen-bond acceptors (Lipinski definition) is 3. The van der Waals surface area contributed by atoms with Crippen LogP contribution in [0.3, 0.4) is 0 Å². The van der Waals surface area contributed by atoms with E-state index in [0.717, 1.165) is 6.92 Å². The van der Waals surface area contributed by atoms with Crippen LogP contribution in [0.25, 0.3) is 0 Å². The van der Waals surface area contributed by atoms with Crippen molar-refractivity contribution in [3.63, 3.8) is 0 Å². The molecule has 1 N–H and O–H groups in total. The van der Waals surface area contributed by atoms with Gasteiger partial charge in [-0.1, -0.05) is 110 Å². The SMILES string of the molecule is CC(O)C(=O)[O-].CCCCCCCCCCCCCCCCCCn1cc[n+](CCCC)c1. The van der Waals surface area contributed by atoms with Gasteiger partial charge in [-0.25, -0.2) is 9.13 Å². The first-order valence-corrected chi connectivity index (χ1v) is 13.9. The number of nitrogens with zero attached hydrogens (tertiary/aromatic N) is 2. The van der Waals surface area contributed by atoms with Crippen molar-refractivity contribution in [2.45, 2.75) is 156 Å². The smallest absolute Gasteiger partial charge is 0.243 e. The monoisotopic (exact) mass is 466 g/mol. The molecule has 1 unspecified atom stereocenters. The Kier molecular flexibility index (Phi) is 22.8. The van der Waals surface area contributed by atoms with Crippen molar-refractivity contribution in [3.8, 4) is 0 Å². The number of aliphatic carboxylic acids is 1. The second-order valence-electron chi connectivity index (χ2n) is 9.54. The lowest BCUT2D eigenvalue weighted by atomic mass is 10.0. The molecule has 1 aromatic rings. The van der Waals surface area contributed by atoms with Crippen molar-refractivity contribution in [1.29, 1.82) is 0 Å². The normalized spacial score (nSPS) is 11.8. The largest absolute Gasteiger partial charge is 0.547 e. The molecule has 5 heteroatoms. The van der Waals surface area contributed by atoms with Crippen LogP contribution in [0.15, 0.2) is 18.7 Å². The molecule has 0 aromatic carbocycles. The fourth-order valence-electron chi connectivity index (χ4n) is 3.89. The van der Waals surface area contributed by atoms with Crippen molar-refractivity contribution in [3.05, 3.63) is 18.7 Å². The van der Waals surface area contributed by atoms with Gasteiger partial charge < -0.3 is 15.0 Å². The van der Waals surface area contributed by atoms with E-state index in [1.165, 1.54) is 129 Å². The van der Waals surface area contributed by atoms with E-state index in [-0.39, 0.29) is 0 Å². The minimum Gasteiger partial charge on any atom is -0.547 e. The van der Waals surface area contributed by atoms with Crippen molar-refractivity contribution in [2.24, 2.45) is 0 Å². The molecule has 0 spiro atoms. The third kappa shape index (κ3) is 22.2. The Balaban J connectivity index is 0.00000150. The first-order chi connectivity index (χ1) is 16.0. The third-order valence-electron chi connectivity index (χ3n) is 6.13. The predicted octanol–water partition coefficient (Wildman–Crippen LogP) is 5.95. The number of aryl methyl sites for hydroxylation is 2. The maximum atomic E-state index is 9.34. The number of carbonyl (C=O) groups excluding carboxylic acids is 1. The standard InChI is InChI=1S/C25H49N2.C3H6O3/c1-3-5-7-8-9-10-11-12-13-14-15-16-17-18-19-20-22-27-24-23-26(25-27)21-6-4-2;1-2(4)3(5)6/h23-25H,3-22H2,1-2H3;2,4H,1H3,(H,5,6)/q+1;/p-1. The van der Waals surface area contributed by atoms with Gasteiger partial charge in [-0.3, -0.25) is 0 Å². The Labute approximate surface area is 204 Å². The Bertz CT molecular complexity index is 543. The van der Waals surface area contributed by atoms with Crippen molar-refractivity contribution >= 4 is 5.97 Å². The average Bonchev–Trinajstić information content (AvgIpc) is 3.25. The van der Waals surface area contributed by atoms with Gasteiger partial charge in [0.1, 0.15) is 12.4 Å². The zero-order valence-electron chi connectivity index (χ0n) is 22.1. The average molecular weight is 467 g/mol. The van der Waals surface area contributed by atoms with Gasteiger partial charge in [-0.05, 0) is 26.2 Å². The number of carboxylic acid groups (broad SMARTS) is 1. The van der Waals surface area contributed by atoms with Gasteiger partial charge in [-0.15, -0.1) is 0 Å². The van der Waals surface area contributed by atoms with E-state index in [1.54, 1.807) is 0 Å². The molecule has 1 rings (SSSR count). The van der Waals surface area contributed by atoms with Crippen LogP contribution in [0.4, 0.5) is 0 Å². The summed E-state index contributed by atoms with van der Waals surface area (Å²) in [6.07, 6.45) is 31.1. The van der Waals surface area contributed by atoms with Crippen LogP contribution >= 0.6 is 0 Å². The van der Waals surface area contributed by atoms with Crippen LogP contribution in [0, 0.1) is 0 Å². The Morgan fingerprint density at radius 3 is 1.58 bits per heavy atom. The molecular formula is C28H54N2O3. The van der Waals surface area contributed by atoms with E-state index in [1.807, 2.05) is 0 Å². The Hall–Kier alpha value is -1.36. The number of hydrogen-bond donors (Lipinski definition) is 1. The van der Waals surface area contributed by atoms with Crippen LogP contribution in [0.5, 0.6) is 0 Å². The van der Waals surface area contributed by atoms with E-state index in [9.17, 15) is 9.90 Å². The molecule has 0 saturated heterocycles. The topological polar surface area (TPSA) is 69.2 Å². The highest BCUT2D eigenvalue weighted by Crippen LogP contribution is 2.13. The molecule has 1 heterocycles. The quantitative estimate of drug-likeness (QED) is 0.180. The summed E-state index contributed by atoms with van der Waals surface area (Å²) in [5, 5.41) is 17.3. The van der Waals surface area contributed by atoms with Crippen molar-refractivity contribution in [2.75, 3.05) is 0 Å². The molecule has 1 atom stereocenters. The van der Waals surface area contributed by atoms with Gasteiger partial charge in [0.2, 0.25) is 6.33 Å². The molecule has 0 aliphatic carbocycles. The molecule has 0 amide bonds. The third-order valence-corrected chi connectivity index (χ3v) is 6.13. The summed E-state index contributed by atoms with van der Waals surface area (Å²) in [6.45, 7) is 8.05. The lowest BCUT2D eigenvalue weighted by Crippen LogP contribution is -2.32. The summed E-state index contributed by atoms with van der Waals surface area (Å²) in [5.74, 6) is -1.44. The van der Waals surface area contributed by atoms with Crippen molar-refractivity contribution in [1.82, 2.24) is 4.57 Å². The van der Waals surface area contributed by atoms with E-state index in [0.29, 0.717) is 0 Å². The number of carboxylic acids is 1. The van der Waals surface area contributed by atoms with Gasteiger partial charge in [-0.2, -0.15) is 0 Å². The zero-order valence-corrected chi connectivity index (χ0v) is 22.1. The minimum atomic E-state index is -1.44. The summed E-state index contributed by atoms with van der Waals surface area (Å²) in [7, 11) is 0. The maximum absolute atomic E-state index is 9.34. The molecule has 194 valence electrons. The minimum absolute atomic E-state index is 1.13. The molecule has 0 aliphatic rings. The molecule has 5 nitrogen and oxygen atoms in total. The van der Waals surface area contributed by atoms with Gasteiger partial charge >= 0.3 is 0 Å². The number of imidazole rings is 1. The van der Waals surface area contributed by atoms with Crippen LogP contribution in [-0.4, -0.2) is 21.7 Å². The number of aromatic nitrogens is 2. The lowest BCUT2D eigenvalue weighted by molar-refractivity contribution is -0.696. The van der Waals surface area contributed by atoms with Crippen LogP contribution in [0.2, 0.25) is 0 Å².